The number of esters is 2. The summed E-state index contributed by atoms with van der Waals surface area (Å²) in [6.45, 7) is 14.9. The van der Waals surface area contributed by atoms with E-state index in [9.17, 15) is 9.59 Å². The monoisotopic (exact) mass is 742 g/mol. The Hall–Kier alpha value is -1.50. The van der Waals surface area contributed by atoms with Gasteiger partial charge in [0.25, 0.3) is 0 Å². The normalized spacial score (nSPS) is 11.3. The molecule has 0 aliphatic rings. The molecule has 0 aromatic carbocycles. The lowest BCUT2D eigenvalue weighted by atomic mass is 10.1. The molecule has 0 fully saturated rings. The number of carbonyl (C=O) groups is 2. The molecular formula is C36H70O15. The van der Waals surface area contributed by atoms with Gasteiger partial charge in [-0.1, -0.05) is 39.0 Å². The van der Waals surface area contributed by atoms with Crippen LogP contribution in [-0.4, -0.2) is 171 Å². The van der Waals surface area contributed by atoms with Crippen molar-refractivity contribution in [3.05, 3.63) is 0 Å². The molecule has 0 aliphatic heterocycles. The number of ether oxygens (including phenoxy) is 13. The summed E-state index contributed by atoms with van der Waals surface area (Å²) in [4.78, 5) is 22.8. The van der Waals surface area contributed by atoms with Gasteiger partial charge in [-0.2, -0.15) is 0 Å². The molecule has 0 atom stereocenters. The van der Waals surface area contributed by atoms with E-state index in [0.29, 0.717) is 158 Å². The van der Waals surface area contributed by atoms with E-state index in [1.807, 2.05) is 0 Å². The van der Waals surface area contributed by atoms with Crippen LogP contribution in [0.25, 0.3) is 0 Å². The van der Waals surface area contributed by atoms with Crippen molar-refractivity contribution in [1.82, 2.24) is 0 Å². The quantitative estimate of drug-likeness (QED) is 0.0661. The van der Waals surface area contributed by atoms with Gasteiger partial charge in [0.15, 0.2) is 0 Å². The van der Waals surface area contributed by atoms with Crippen molar-refractivity contribution in [2.75, 3.05) is 159 Å². The van der Waals surface area contributed by atoms with Crippen LogP contribution in [0.4, 0.5) is 0 Å². The highest BCUT2D eigenvalue weighted by molar-refractivity contribution is 5.69. The SMILES string of the molecule is CCCCCCCCC(=O)OCCOCCOCCOCCOCCOCCOCCOCCOCCOCCOCCOCCC(=O)OCC. The molecule has 51 heavy (non-hydrogen) atoms. The third-order valence-electron chi connectivity index (χ3n) is 6.70. The summed E-state index contributed by atoms with van der Waals surface area (Å²) >= 11 is 0. The van der Waals surface area contributed by atoms with Gasteiger partial charge in [-0.05, 0) is 13.3 Å². The minimum absolute atomic E-state index is 0.147. The zero-order chi connectivity index (χ0) is 37.0. The molecular weight excluding hydrogens is 672 g/mol. The smallest absolute Gasteiger partial charge is 0.308 e. The van der Waals surface area contributed by atoms with Gasteiger partial charge in [0.1, 0.15) is 6.61 Å². The standard InChI is InChI=1S/C36H70O15/c1-3-5-6-7-8-9-10-35(37)51-34-33-49-32-31-48-30-29-47-28-27-46-26-25-45-24-23-44-22-21-43-20-19-42-18-17-41-16-15-40-14-13-39-12-11-36(38)50-4-2/h3-34H2,1-2H3. The fourth-order valence-electron chi connectivity index (χ4n) is 4.03. The second-order valence-electron chi connectivity index (χ2n) is 11.0. The fraction of sp³-hybridized carbons (Fsp3) is 0.944. The van der Waals surface area contributed by atoms with Crippen LogP contribution >= 0.6 is 0 Å². The predicted octanol–water partition coefficient (Wildman–Crippen LogP) is 3.42. The first kappa shape index (κ1) is 49.5. The number of unbranched alkanes of at least 4 members (excludes halogenated alkanes) is 5. The van der Waals surface area contributed by atoms with Crippen LogP contribution < -0.4 is 0 Å². The Morgan fingerprint density at radius 1 is 0.294 bits per heavy atom. The number of carbonyl (C=O) groups excluding carboxylic acids is 2. The van der Waals surface area contributed by atoms with Crippen LogP contribution in [0.2, 0.25) is 0 Å². The molecule has 0 N–H and O–H groups in total. The molecule has 15 heteroatoms. The molecule has 0 aliphatic carbocycles. The number of hydrogen-bond acceptors (Lipinski definition) is 15. The molecule has 0 saturated heterocycles. The topological polar surface area (TPSA) is 154 Å². The van der Waals surface area contributed by atoms with Crippen molar-refractivity contribution >= 4 is 11.9 Å². The van der Waals surface area contributed by atoms with E-state index in [1.165, 1.54) is 25.7 Å². The molecule has 304 valence electrons. The first-order valence-corrected chi connectivity index (χ1v) is 18.9. The Labute approximate surface area is 306 Å². The molecule has 0 radical (unpaired) electrons. The van der Waals surface area contributed by atoms with Gasteiger partial charge >= 0.3 is 11.9 Å². The summed E-state index contributed by atoms with van der Waals surface area (Å²) in [5.74, 6) is -0.401. The Bertz CT molecular complexity index is 702. The van der Waals surface area contributed by atoms with E-state index in [-0.39, 0.29) is 25.0 Å². The van der Waals surface area contributed by atoms with Crippen LogP contribution in [0.5, 0.6) is 0 Å². The zero-order valence-corrected chi connectivity index (χ0v) is 31.8. The van der Waals surface area contributed by atoms with Crippen LogP contribution in [-0.2, 0) is 71.2 Å². The molecule has 0 bridgehead atoms. The molecule has 0 aromatic heterocycles. The summed E-state index contributed by atoms with van der Waals surface area (Å²) < 4.78 is 69.9. The van der Waals surface area contributed by atoms with E-state index in [2.05, 4.69) is 6.92 Å². The average molecular weight is 743 g/mol. The third kappa shape index (κ3) is 44.6. The Morgan fingerprint density at radius 2 is 0.569 bits per heavy atom. The summed E-state index contributed by atoms with van der Waals surface area (Å²) in [7, 11) is 0. The molecule has 0 heterocycles. The molecule has 0 aromatic rings. The van der Waals surface area contributed by atoms with Crippen molar-refractivity contribution in [1.29, 1.82) is 0 Å². The molecule has 0 spiro atoms. The van der Waals surface area contributed by atoms with Crippen molar-refractivity contribution in [3.63, 3.8) is 0 Å². The lowest BCUT2D eigenvalue weighted by molar-refractivity contribution is -0.146. The minimum Gasteiger partial charge on any atom is -0.466 e. The van der Waals surface area contributed by atoms with Crippen LogP contribution in [0, 0.1) is 0 Å². The van der Waals surface area contributed by atoms with E-state index >= 15 is 0 Å². The number of hydrogen-bond donors (Lipinski definition) is 0. The zero-order valence-electron chi connectivity index (χ0n) is 31.8. The predicted molar refractivity (Wildman–Crippen MR) is 189 cm³/mol. The minimum atomic E-state index is -0.253. The van der Waals surface area contributed by atoms with Gasteiger partial charge in [0.05, 0.1) is 158 Å². The van der Waals surface area contributed by atoms with Crippen LogP contribution in [0.15, 0.2) is 0 Å². The number of rotatable bonds is 44. The Balaban J connectivity index is 3.11. The lowest BCUT2D eigenvalue weighted by Gasteiger charge is -2.09. The van der Waals surface area contributed by atoms with Crippen molar-refractivity contribution < 1.29 is 71.2 Å². The van der Waals surface area contributed by atoms with Gasteiger partial charge in [-0.25, -0.2) is 0 Å². The third-order valence-corrected chi connectivity index (χ3v) is 6.70. The molecule has 0 amide bonds. The van der Waals surface area contributed by atoms with E-state index in [0.717, 1.165) is 12.8 Å². The van der Waals surface area contributed by atoms with Gasteiger partial charge < -0.3 is 61.6 Å². The van der Waals surface area contributed by atoms with Crippen molar-refractivity contribution in [2.24, 2.45) is 0 Å². The summed E-state index contributed by atoms with van der Waals surface area (Å²) in [5, 5.41) is 0. The molecule has 15 nitrogen and oxygen atoms in total. The van der Waals surface area contributed by atoms with Gasteiger partial charge in [-0.3, -0.25) is 9.59 Å². The maximum atomic E-state index is 11.7. The highest BCUT2D eigenvalue weighted by Gasteiger charge is 2.03. The van der Waals surface area contributed by atoms with Crippen molar-refractivity contribution in [2.45, 2.75) is 65.2 Å². The first-order valence-electron chi connectivity index (χ1n) is 18.9. The highest BCUT2D eigenvalue weighted by atomic mass is 16.6. The van der Waals surface area contributed by atoms with Crippen LogP contribution in [0.3, 0.4) is 0 Å². The van der Waals surface area contributed by atoms with Gasteiger partial charge in [0.2, 0.25) is 0 Å². The average Bonchev–Trinajstić information content (AvgIpc) is 3.13. The Kier molecular flexibility index (Phi) is 43.3. The Morgan fingerprint density at radius 3 is 0.902 bits per heavy atom. The van der Waals surface area contributed by atoms with E-state index < -0.39 is 0 Å². The van der Waals surface area contributed by atoms with E-state index in [1.54, 1.807) is 6.92 Å². The largest absolute Gasteiger partial charge is 0.466 e. The first-order chi connectivity index (χ1) is 25.2. The maximum absolute atomic E-state index is 11.7. The summed E-state index contributed by atoms with van der Waals surface area (Å²) in [6, 6.07) is 0. The highest BCUT2D eigenvalue weighted by Crippen LogP contribution is 2.07. The molecule has 0 unspecified atom stereocenters. The van der Waals surface area contributed by atoms with Gasteiger partial charge in [-0.15, -0.1) is 0 Å². The van der Waals surface area contributed by atoms with Gasteiger partial charge in [0, 0.05) is 6.42 Å². The van der Waals surface area contributed by atoms with Crippen LogP contribution in [0.1, 0.15) is 65.2 Å². The second-order valence-corrected chi connectivity index (χ2v) is 11.0. The lowest BCUT2D eigenvalue weighted by Crippen LogP contribution is -2.15. The fourth-order valence-corrected chi connectivity index (χ4v) is 4.03. The summed E-state index contributed by atoms with van der Waals surface area (Å²) in [6.07, 6.45) is 7.65. The molecule has 0 rings (SSSR count). The second kappa shape index (κ2) is 44.7. The maximum Gasteiger partial charge on any atom is 0.308 e. The van der Waals surface area contributed by atoms with Crippen molar-refractivity contribution in [3.8, 4) is 0 Å². The molecule has 0 saturated carbocycles. The summed E-state index contributed by atoms with van der Waals surface area (Å²) in [5.41, 5.74) is 0. The van der Waals surface area contributed by atoms with E-state index in [4.69, 9.17) is 61.6 Å².